The molecule has 88 valence electrons. The topological polar surface area (TPSA) is 15.3 Å². The fraction of sp³-hybridized carbons (Fsp3) is 0.667. The van der Waals surface area contributed by atoms with Gasteiger partial charge in [0.25, 0.3) is 0 Å². The highest BCUT2D eigenvalue weighted by molar-refractivity contribution is 9.10. The van der Waals surface area contributed by atoms with Crippen molar-refractivity contribution in [3.05, 3.63) is 20.8 Å². The summed E-state index contributed by atoms with van der Waals surface area (Å²) in [5.74, 6) is 0.896. The van der Waals surface area contributed by atoms with Crippen molar-refractivity contribution in [3.63, 3.8) is 0 Å². The van der Waals surface area contributed by atoms with Crippen LogP contribution in [0.25, 0.3) is 0 Å². The zero-order valence-electron chi connectivity index (χ0n) is 9.29. The third-order valence-corrected chi connectivity index (χ3v) is 5.64. The van der Waals surface area contributed by atoms with Gasteiger partial charge in [-0.05, 0) is 52.7 Å². The van der Waals surface area contributed by atoms with E-state index in [1.165, 1.54) is 41.8 Å². The summed E-state index contributed by atoms with van der Waals surface area (Å²) < 4.78 is 1.28. The average Bonchev–Trinajstić information content (AvgIpc) is 2.85. The van der Waals surface area contributed by atoms with E-state index in [2.05, 4.69) is 37.6 Å². The molecule has 16 heavy (non-hydrogen) atoms. The quantitative estimate of drug-likeness (QED) is 0.903. The molecular weight excluding hydrogens is 284 g/mol. The first-order chi connectivity index (χ1) is 7.83. The number of hydrogen-bond donors (Lipinski definition) is 1. The molecule has 0 spiro atoms. The first-order valence-electron chi connectivity index (χ1n) is 6.00. The third-order valence-electron chi connectivity index (χ3n) is 3.73. The lowest BCUT2D eigenvalue weighted by Gasteiger charge is -2.24. The van der Waals surface area contributed by atoms with Gasteiger partial charge in [-0.15, -0.1) is 11.3 Å². The maximum absolute atomic E-state index is 3.66. The van der Waals surface area contributed by atoms with Crippen molar-refractivity contribution in [3.8, 4) is 0 Å². The van der Waals surface area contributed by atoms with Gasteiger partial charge in [-0.3, -0.25) is 4.90 Å². The molecule has 0 saturated carbocycles. The highest BCUT2D eigenvalue weighted by Crippen LogP contribution is 2.29. The van der Waals surface area contributed by atoms with E-state index in [0.717, 1.165) is 18.5 Å². The minimum absolute atomic E-state index is 0.757. The molecule has 2 atom stereocenters. The summed E-state index contributed by atoms with van der Waals surface area (Å²) in [6, 6.07) is 2.91. The van der Waals surface area contributed by atoms with Crippen LogP contribution in [0.1, 0.15) is 17.7 Å². The summed E-state index contributed by atoms with van der Waals surface area (Å²) in [6.07, 6.45) is 2.78. The third kappa shape index (κ3) is 2.21. The Morgan fingerprint density at radius 1 is 1.50 bits per heavy atom. The van der Waals surface area contributed by atoms with E-state index in [1.54, 1.807) is 0 Å². The van der Waals surface area contributed by atoms with Crippen molar-refractivity contribution in [1.82, 2.24) is 10.2 Å². The van der Waals surface area contributed by atoms with E-state index in [1.807, 2.05) is 11.3 Å². The Hall–Kier alpha value is 0.1000. The van der Waals surface area contributed by atoms with Gasteiger partial charge in [0.05, 0.1) is 0 Å². The van der Waals surface area contributed by atoms with Gasteiger partial charge in [0.15, 0.2) is 0 Å². The lowest BCUT2D eigenvalue weighted by molar-refractivity contribution is 0.314. The molecule has 0 amide bonds. The van der Waals surface area contributed by atoms with Crippen LogP contribution in [0.5, 0.6) is 0 Å². The number of hydrogen-bond acceptors (Lipinski definition) is 3. The fourth-order valence-electron chi connectivity index (χ4n) is 2.91. The van der Waals surface area contributed by atoms with Gasteiger partial charge in [-0.2, -0.15) is 0 Å². The molecule has 2 aliphatic rings. The molecule has 0 aliphatic carbocycles. The highest BCUT2D eigenvalue weighted by atomic mass is 79.9. The molecule has 3 rings (SSSR count). The van der Waals surface area contributed by atoms with Crippen LogP contribution in [0.2, 0.25) is 0 Å². The van der Waals surface area contributed by atoms with Crippen LogP contribution < -0.4 is 5.32 Å². The minimum Gasteiger partial charge on any atom is -0.312 e. The summed E-state index contributed by atoms with van der Waals surface area (Å²) in [5.41, 5.74) is 0. The van der Waals surface area contributed by atoms with Crippen molar-refractivity contribution in [2.24, 2.45) is 5.92 Å². The van der Waals surface area contributed by atoms with Crippen LogP contribution in [0, 0.1) is 5.92 Å². The first kappa shape index (κ1) is 11.2. The van der Waals surface area contributed by atoms with E-state index < -0.39 is 0 Å². The van der Waals surface area contributed by atoms with Crippen LogP contribution in [-0.4, -0.2) is 30.6 Å². The van der Waals surface area contributed by atoms with Crippen molar-refractivity contribution >= 4 is 27.3 Å². The summed E-state index contributed by atoms with van der Waals surface area (Å²) in [4.78, 5) is 4.07. The molecule has 3 heterocycles. The Morgan fingerprint density at radius 3 is 3.19 bits per heavy atom. The van der Waals surface area contributed by atoms with Gasteiger partial charge in [0.1, 0.15) is 0 Å². The lowest BCUT2D eigenvalue weighted by atomic mass is 9.94. The van der Waals surface area contributed by atoms with Crippen LogP contribution in [0.4, 0.5) is 0 Å². The Labute approximate surface area is 109 Å². The van der Waals surface area contributed by atoms with E-state index in [9.17, 15) is 0 Å². The zero-order valence-corrected chi connectivity index (χ0v) is 11.7. The largest absolute Gasteiger partial charge is 0.312 e. The van der Waals surface area contributed by atoms with Gasteiger partial charge in [-0.25, -0.2) is 0 Å². The standard InChI is InChI=1S/C12H17BrN2S/c13-10-3-5-16-12(10)8-15-6-9-2-1-4-14-11(9)7-15/h3,5,9,11,14H,1-2,4,6-8H2/t9-,11+/m0/s1. The number of nitrogens with one attached hydrogen (secondary N) is 1. The molecule has 2 fully saturated rings. The Morgan fingerprint density at radius 2 is 2.44 bits per heavy atom. The number of fused-ring (bicyclic) bond motifs is 1. The molecule has 1 aromatic heterocycles. The molecule has 0 aromatic carbocycles. The summed E-state index contributed by atoms with van der Waals surface area (Å²) in [5, 5.41) is 5.82. The molecule has 2 nitrogen and oxygen atoms in total. The first-order valence-corrected chi connectivity index (χ1v) is 7.68. The van der Waals surface area contributed by atoms with Crippen LogP contribution in [0.3, 0.4) is 0 Å². The number of likely N-dealkylation sites (tertiary alicyclic amines) is 1. The second-order valence-electron chi connectivity index (χ2n) is 4.85. The number of rotatable bonds is 2. The summed E-state index contributed by atoms with van der Waals surface area (Å²) in [7, 11) is 0. The maximum Gasteiger partial charge on any atom is 0.0340 e. The molecule has 0 unspecified atom stereocenters. The van der Waals surface area contributed by atoms with Gasteiger partial charge >= 0.3 is 0 Å². The van der Waals surface area contributed by atoms with E-state index in [-0.39, 0.29) is 0 Å². The predicted molar refractivity (Wildman–Crippen MR) is 71.8 cm³/mol. The lowest BCUT2D eigenvalue weighted by Crippen LogP contribution is -2.40. The molecule has 0 bridgehead atoms. The summed E-state index contributed by atoms with van der Waals surface area (Å²) >= 11 is 5.48. The molecule has 1 N–H and O–H groups in total. The minimum atomic E-state index is 0.757. The van der Waals surface area contributed by atoms with E-state index >= 15 is 0 Å². The van der Waals surface area contributed by atoms with Gasteiger partial charge in [-0.1, -0.05) is 0 Å². The van der Waals surface area contributed by atoms with Crippen molar-refractivity contribution in [2.45, 2.75) is 25.4 Å². The van der Waals surface area contributed by atoms with Crippen LogP contribution in [-0.2, 0) is 6.54 Å². The van der Waals surface area contributed by atoms with Crippen molar-refractivity contribution in [2.75, 3.05) is 19.6 Å². The Bertz CT molecular complexity index is 352. The molecular formula is C12H17BrN2S. The number of piperidine rings is 1. The van der Waals surface area contributed by atoms with E-state index in [4.69, 9.17) is 0 Å². The van der Waals surface area contributed by atoms with Crippen LogP contribution >= 0.6 is 27.3 Å². The zero-order chi connectivity index (χ0) is 11.0. The van der Waals surface area contributed by atoms with Crippen molar-refractivity contribution < 1.29 is 0 Å². The Balaban J connectivity index is 1.63. The van der Waals surface area contributed by atoms with Gasteiger partial charge in [0, 0.05) is 35.0 Å². The number of nitrogens with zero attached hydrogens (tertiary/aromatic N) is 1. The second kappa shape index (κ2) is 4.77. The van der Waals surface area contributed by atoms with Gasteiger partial charge < -0.3 is 5.32 Å². The smallest absolute Gasteiger partial charge is 0.0340 e. The normalized spacial score (nSPS) is 30.6. The molecule has 0 radical (unpaired) electrons. The number of thiophene rings is 1. The SMILES string of the molecule is Brc1ccsc1CN1C[C@@H]2CCCN[C@@H]2C1. The highest BCUT2D eigenvalue weighted by Gasteiger charge is 2.34. The predicted octanol–water partition coefficient (Wildman–Crippen LogP) is 2.69. The van der Waals surface area contributed by atoms with Crippen LogP contribution in [0.15, 0.2) is 15.9 Å². The maximum atomic E-state index is 3.66. The molecule has 2 aliphatic heterocycles. The average molecular weight is 301 g/mol. The summed E-state index contributed by atoms with van der Waals surface area (Å²) in [6.45, 7) is 4.85. The monoisotopic (exact) mass is 300 g/mol. The number of halogens is 1. The molecule has 1 aromatic rings. The Kier molecular flexibility index (Phi) is 3.34. The fourth-order valence-corrected chi connectivity index (χ4v) is 4.43. The second-order valence-corrected chi connectivity index (χ2v) is 6.70. The van der Waals surface area contributed by atoms with Gasteiger partial charge in [0.2, 0.25) is 0 Å². The van der Waals surface area contributed by atoms with E-state index in [0.29, 0.717) is 0 Å². The molecule has 4 heteroatoms. The molecule has 2 saturated heterocycles. The van der Waals surface area contributed by atoms with Crippen molar-refractivity contribution in [1.29, 1.82) is 0 Å².